The molecule has 1 aromatic carbocycles. The second kappa shape index (κ2) is 4.90. The average molecular weight is 265 g/mol. The lowest BCUT2D eigenvalue weighted by Crippen LogP contribution is -2.08. The van der Waals surface area contributed by atoms with Gasteiger partial charge >= 0.3 is 0 Å². The zero-order chi connectivity index (χ0) is 12.5. The second-order valence-corrected chi connectivity index (χ2v) is 5.19. The van der Waals surface area contributed by atoms with E-state index in [-0.39, 0.29) is 6.10 Å². The van der Waals surface area contributed by atoms with Gasteiger partial charge in [-0.1, -0.05) is 18.5 Å². The van der Waals surface area contributed by atoms with E-state index in [1.54, 1.807) is 0 Å². The summed E-state index contributed by atoms with van der Waals surface area (Å²) in [5.74, 6) is 1.06. The van der Waals surface area contributed by atoms with E-state index in [1.807, 2.05) is 12.1 Å². The van der Waals surface area contributed by atoms with Crippen molar-refractivity contribution < 1.29 is 4.74 Å². The molecule has 4 heteroatoms. The molecule has 0 bridgehead atoms. The number of fused-ring (bicyclic) bond motifs is 1. The molecule has 1 unspecified atom stereocenters. The zero-order valence-electron chi connectivity index (χ0n) is 10.5. The Kier molecular flexibility index (Phi) is 3.27. The second-order valence-electron chi connectivity index (χ2n) is 4.76. The summed E-state index contributed by atoms with van der Waals surface area (Å²) in [6, 6.07) is 5.91. The van der Waals surface area contributed by atoms with E-state index in [4.69, 9.17) is 21.3 Å². The predicted octanol–water partition coefficient (Wildman–Crippen LogP) is 3.95. The van der Waals surface area contributed by atoms with Crippen LogP contribution < -0.4 is 0 Å². The highest BCUT2D eigenvalue weighted by atomic mass is 35.5. The number of halogens is 1. The molecule has 1 aromatic heterocycles. The fourth-order valence-corrected chi connectivity index (χ4v) is 2.77. The predicted molar refractivity (Wildman–Crippen MR) is 73.0 cm³/mol. The van der Waals surface area contributed by atoms with Crippen molar-refractivity contribution in [1.29, 1.82) is 0 Å². The fraction of sp³-hybridized carbons (Fsp3) is 0.500. The standard InChI is InChI=1S/C14H17ClN2O/c1-2-7-17-12-6-5-10(15)9-11(12)16-14(17)13-4-3-8-18-13/h5-6,9,13H,2-4,7-8H2,1H3. The summed E-state index contributed by atoms with van der Waals surface area (Å²) in [4.78, 5) is 4.73. The minimum absolute atomic E-state index is 0.155. The number of hydrogen-bond acceptors (Lipinski definition) is 2. The van der Waals surface area contributed by atoms with Gasteiger partial charge < -0.3 is 9.30 Å². The maximum atomic E-state index is 6.04. The molecule has 3 rings (SSSR count). The number of aromatic nitrogens is 2. The summed E-state index contributed by atoms with van der Waals surface area (Å²) < 4.78 is 8.05. The Morgan fingerprint density at radius 2 is 2.39 bits per heavy atom. The van der Waals surface area contributed by atoms with E-state index in [0.29, 0.717) is 0 Å². The van der Waals surface area contributed by atoms with E-state index in [0.717, 1.165) is 54.3 Å². The molecule has 2 heterocycles. The molecule has 18 heavy (non-hydrogen) atoms. The van der Waals surface area contributed by atoms with Gasteiger partial charge in [-0.25, -0.2) is 4.98 Å². The normalized spacial score (nSPS) is 19.8. The van der Waals surface area contributed by atoms with Crippen molar-refractivity contribution in [1.82, 2.24) is 9.55 Å². The van der Waals surface area contributed by atoms with Crippen LogP contribution in [0.1, 0.15) is 38.1 Å². The summed E-state index contributed by atoms with van der Waals surface area (Å²) >= 11 is 6.04. The van der Waals surface area contributed by atoms with Gasteiger partial charge in [0, 0.05) is 18.2 Å². The molecule has 0 saturated carbocycles. The van der Waals surface area contributed by atoms with Crippen molar-refractivity contribution in [2.24, 2.45) is 0 Å². The van der Waals surface area contributed by atoms with Gasteiger partial charge in [0.05, 0.1) is 11.0 Å². The molecule has 0 spiro atoms. The van der Waals surface area contributed by atoms with Crippen LogP contribution in [0.2, 0.25) is 5.02 Å². The van der Waals surface area contributed by atoms with Gasteiger partial charge in [0.15, 0.2) is 0 Å². The van der Waals surface area contributed by atoms with Crippen LogP contribution in [0.25, 0.3) is 11.0 Å². The minimum atomic E-state index is 0.155. The Balaban J connectivity index is 2.13. The molecule has 0 N–H and O–H groups in total. The lowest BCUT2D eigenvalue weighted by atomic mass is 10.2. The van der Waals surface area contributed by atoms with E-state index >= 15 is 0 Å². The van der Waals surface area contributed by atoms with Gasteiger partial charge in [-0.05, 0) is 37.5 Å². The molecule has 2 aromatic rings. The van der Waals surface area contributed by atoms with Gasteiger partial charge in [-0.15, -0.1) is 0 Å². The number of benzene rings is 1. The maximum Gasteiger partial charge on any atom is 0.139 e. The molecule has 1 fully saturated rings. The summed E-state index contributed by atoms with van der Waals surface area (Å²) in [6.07, 6.45) is 3.44. The molecular formula is C14H17ClN2O. The maximum absolute atomic E-state index is 6.04. The molecule has 0 aliphatic carbocycles. The summed E-state index contributed by atoms with van der Waals surface area (Å²) in [5.41, 5.74) is 2.13. The van der Waals surface area contributed by atoms with Crippen LogP contribution in [0, 0.1) is 0 Å². The van der Waals surface area contributed by atoms with Crippen LogP contribution in [0.15, 0.2) is 18.2 Å². The molecule has 0 amide bonds. The van der Waals surface area contributed by atoms with Crippen molar-refractivity contribution in [3.05, 3.63) is 29.0 Å². The Morgan fingerprint density at radius 3 is 3.11 bits per heavy atom. The third-order valence-corrected chi connectivity index (χ3v) is 3.64. The van der Waals surface area contributed by atoms with Crippen LogP contribution in [0.5, 0.6) is 0 Å². The van der Waals surface area contributed by atoms with Crippen LogP contribution in [-0.4, -0.2) is 16.2 Å². The average Bonchev–Trinajstić information content (AvgIpc) is 2.97. The van der Waals surface area contributed by atoms with Gasteiger partial charge in [-0.3, -0.25) is 0 Å². The molecule has 1 atom stereocenters. The van der Waals surface area contributed by atoms with Crippen LogP contribution >= 0.6 is 11.6 Å². The molecule has 3 nitrogen and oxygen atoms in total. The Hall–Kier alpha value is -1.06. The first-order valence-corrected chi connectivity index (χ1v) is 6.94. The van der Waals surface area contributed by atoms with E-state index in [2.05, 4.69) is 17.6 Å². The SMILES string of the molecule is CCCn1c(C2CCCO2)nc2cc(Cl)ccc21. The highest BCUT2D eigenvalue weighted by molar-refractivity contribution is 6.31. The minimum Gasteiger partial charge on any atom is -0.370 e. The molecule has 1 aliphatic heterocycles. The highest BCUT2D eigenvalue weighted by Gasteiger charge is 2.24. The van der Waals surface area contributed by atoms with Gasteiger partial charge in [-0.2, -0.15) is 0 Å². The van der Waals surface area contributed by atoms with Crippen molar-refractivity contribution in [3.63, 3.8) is 0 Å². The van der Waals surface area contributed by atoms with Gasteiger partial charge in [0.25, 0.3) is 0 Å². The third-order valence-electron chi connectivity index (χ3n) is 3.40. The van der Waals surface area contributed by atoms with Crippen LogP contribution in [0.4, 0.5) is 0 Å². The van der Waals surface area contributed by atoms with Crippen molar-refractivity contribution >= 4 is 22.6 Å². The number of ether oxygens (including phenoxy) is 1. The Labute approximate surface area is 112 Å². The number of rotatable bonds is 3. The Morgan fingerprint density at radius 1 is 1.50 bits per heavy atom. The van der Waals surface area contributed by atoms with E-state index < -0.39 is 0 Å². The first-order valence-electron chi connectivity index (χ1n) is 6.57. The number of nitrogens with zero attached hydrogens (tertiary/aromatic N) is 2. The van der Waals surface area contributed by atoms with Crippen molar-refractivity contribution in [2.45, 2.75) is 38.8 Å². The van der Waals surface area contributed by atoms with Gasteiger partial charge in [0.1, 0.15) is 11.9 Å². The summed E-state index contributed by atoms with van der Waals surface area (Å²) in [6.45, 7) is 4.01. The summed E-state index contributed by atoms with van der Waals surface area (Å²) in [7, 11) is 0. The molecule has 1 aliphatic rings. The van der Waals surface area contributed by atoms with Crippen LogP contribution in [-0.2, 0) is 11.3 Å². The first-order chi connectivity index (χ1) is 8.79. The largest absolute Gasteiger partial charge is 0.370 e. The topological polar surface area (TPSA) is 27.1 Å². The van der Waals surface area contributed by atoms with E-state index in [1.165, 1.54) is 0 Å². The van der Waals surface area contributed by atoms with Crippen LogP contribution in [0.3, 0.4) is 0 Å². The van der Waals surface area contributed by atoms with E-state index in [9.17, 15) is 0 Å². The monoisotopic (exact) mass is 264 g/mol. The molecule has 96 valence electrons. The summed E-state index contributed by atoms with van der Waals surface area (Å²) in [5, 5.41) is 0.738. The lowest BCUT2D eigenvalue weighted by Gasteiger charge is -2.12. The van der Waals surface area contributed by atoms with Crippen molar-refractivity contribution in [3.8, 4) is 0 Å². The highest BCUT2D eigenvalue weighted by Crippen LogP contribution is 2.31. The van der Waals surface area contributed by atoms with Gasteiger partial charge in [0.2, 0.25) is 0 Å². The molecule has 0 radical (unpaired) electrons. The smallest absolute Gasteiger partial charge is 0.139 e. The fourth-order valence-electron chi connectivity index (χ4n) is 2.61. The first kappa shape index (κ1) is 12.0. The number of imidazole rings is 1. The molecule has 1 saturated heterocycles. The third kappa shape index (κ3) is 2.02. The number of aryl methyl sites for hydroxylation is 1. The quantitative estimate of drug-likeness (QED) is 0.839. The Bertz CT molecular complexity index is 558. The lowest BCUT2D eigenvalue weighted by molar-refractivity contribution is 0.102. The molecular weight excluding hydrogens is 248 g/mol. The zero-order valence-corrected chi connectivity index (χ0v) is 11.3. The van der Waals surface area contributed by atoms with Crippen molar-refractivity contribution in [2.75, 3.05) is 6.61 Å². The number of hydrogen-bond donors (Lipinski definition) is 0.